The summed E-state index contributed by atoms with van der Waals surface area (Å²) in [6.07, 6.45) is 0.721. The maximum Gasteiger partial charge on any atom is 0.349 e. The minimum atomic E-state index is -1.06. The van der Waals surface area contributed by atoms with Crippen molar-refractivity contribution in [2.75, 3.05) is 13.2 Å². The maximum absolute atomic E-state index is 12.0. The minimum absolute atomic E-state index is 0.318. The monoisotopic (exact) mass is 501 g/mol. The van der Waals surface area contributed by atoms with Crippen LogP contribution in [0.25, 0.3) is 21.7 Å². The summed E-state index contributed by atoms with van der Waals surface area (Å²) in [4.78, 5) is 18.1. The normalized spacial score (nSPS) is 11.2. The van der Waals surface area contributed by atoms with E-state index in [2.05, 4.69) is 55.5 Å². The van der Waals surface area contributed by atoms with Gasteiger partial charge in [-0.25, -0.2) is 9.78 Å². The zero-order valence-corrected chi connectivity index (χ0v) is 21.9. The molecule has 0 N–H and O–H groups in total. The van der Waals surface area contributed by atoms with Crippen molar-refractivity contribution in [3.8, 4) is 33.2 Å². The predicted octanol–water partition coefficient (Wildman–Crippen LogP) is 7.13. The molecule has 1 aromatic heterocycles. The number of carbonyl (C=O) groups excluding carboxylic acids is 1. The molecular weight excluding hydrogens is 470 g/mol. The van der Waals surface area contributed by atoms with E-state index in [-0.39, 0.29) is 0 Å². The fourth-order valence-electron chi connectivity index (χ4n) is 3.73. The molecule has 4 aromatic rings. The third-order valence-electron chi connectivity index (χ3n) is 5.70. The summed E-state index contributed by atoms with van der Waals surface area (Å²) < 4.78 is 16.8. The van der Waals surface area contributed by atoms with Gasteiger partial charge in [-0.2, -0.15) is 0 Å². The number of aromatic nitrogens is 1. The number of hydrogen-bond donors (Lipinski definition) is 0. The van der Waals surface area contributed by atoms with Crippen LogP contribution in [0.2, 0.25) is 0 Å². The smallest absolute Gasteiger partial charge is 0.349 e. The van der Waals surface area contributed by atoms with Gasteiger partial charge in [0.25, 0.3) is 0 Å². The van der Waals surface area contributed by atoms with Crippen molar-refractivity contribution in [3.63, 3.8) is 0 Å². The van der Waals surface area contributed by atoms with Crippen LogP contribution < -0.4 is 9.47 Å². The van der Waals surface area contributed by atoms with Crippen LogP contribution in [0.5, 0.6) is 11.5 Å². The Kier molecular flexibility index (Phi) is 8.06. The molecule has 36 heavy (non-hydrogen) atoms. The van der Waals surface area contributed by atoms with E-state index in [0.717, 1.165) is 28.4 Å². The number of thiazole rings is 1. The molecule has 5 nitrogen and oxygen atoms in total. The van der Waals surface area contributed by atoms with E-state index in [1.807, 2.05) is 18.2 Å². The van der Waals surface area contributed by atoms with Gasteiger partial charge in [-0.3, -0.25) is 0 Å². The molecule has 3 aromatic carbocycles. The zero-order chi connectivity index (χ0) is 25.5. The van der Waals surface area contributed by atoms with Crippen molar-refractivity contribution < 1.29 is 19.0 Å². The molecule has 4 rings (SSSR count). The Hall–Kier alpha value is -3.64. The van der Waals surface area contributed by atoms with Gasteiger partial charge < -0.3 is 14.2 Å². The number of ether oxygens (including phenoxy) is 3. The van der Waals surface area contributed by atoms with Gasteiger partial charge in [-0.1, -0.05) is 54.6 Å². The second-order valence-electron chi connectivity index (χ2n) is 8.87. The summed E-state index contributed by atoms with van der Waals surface area (Å²) >= 11 is 1.71. The highest BCUT2D eigenvalue weighted by atomic mass is 32.1. The molecule has 0 aliphatic rings. The van der Waals surface area contributed by atoms with E-state index in [1.54, 1.807) is 44.2 Å². The molecule has 0 aliphatic carbocycles. The number of nitrogens with zero attached hydrogens (tertiary/aromatic N) is 1. The summed E-state index contributed by atoms with van der Waals surface area (Å²) in [7, 11) is 0. The van der Waals surface area contributed by atoms with Crippen LogP contribution in [0.1, 0.15) is 31.3 Å². The van der Waals surface area contributed by atoms with Crippen molar-refractivity contribution in [1.82, 2.24) is 4.98 Å². The fraction of sp³-hybridized carbons (Fsp3) is 0.267. The quantitative estimate of drug-likeness (QED) is 0.216. The number of esters is 1. The first kappa shape index (κ1) is 25.5. The second kappa shape index (κ2) is 11.4. The summed E-state index contributed by atoms with van der Waals surface area (Å²) in [5.74, 6) is 0.926. The molecule has 0 radical (unpaired) electrons. The molecule has 0 atom stereocenters. The highest BCUT2D eigenvalue weighted by Crippen LogP contribution is 2.30. The van der Waals surface area contributed by atoms with Crippen molar-refractivity contribution in [2.45, 2.75) is 39.7 Å². The van der Waals surface area contributed by atoms with Crippen molar-refractivity contribution in [3.05, 3.63) is 89.4 Å². The number of benzene rings is 3. The second-order valence-corrected chi connectivity index (χ2v) is 10.1. The Balaban J connectivity index is 1.32. The van der Waals surface area contributed by atoms with Gasteiger partial charge in [0.1, 0.15) is 16.5 Å². The van der Waals surface area contributed by atoms with Crippen LogP contribution in [-0.4, -0.2) is 29.8 Å². The van der Waals surface area contributed by atoms with E-state index >= 15 is 0 Å². The molecule has 0 aliphatic heterocycles. The molecule has 0 amide bonds. The highest BCUT2D eigenvalue weighted by Gasteiger charge is 2.31. The zero-order valence-electron chi connectivity index (χ0n) is 21.1. The van der Waals surface area contributed by atoms with Crippen LogP contribution in [0.4, 0.5) is 0 Å². The Morgan fingerprint density at radius 1 is 0.861 bits per heavy atom. The Labute approximate surface area is 216 Å². The van der Waals surface area contributed by atoms with Gasteiger partial charge in [-0.05, 0) is 63.1 Å². The number of hydrogen-bond acceptors (Lipinski definition) is 6. The molecule has 0 bridgehead atoms. The summed E-state index contributed by atoms with van der Waals surface area (Å²) in [5, 5.41) is 1.02. The van der Waals surface area contributed by atoms with E-state index in [9.17, 15) is 4.79 Å². The maximum atomic E-state index is 12.0. The van der Waals surface area contributed by atoms with Gasteiger partial charge in [0.05, 0.1) is 18.9 Å². The lowest BCUT2D eigenvalue weighted by molar-refractivity contribution is -0.158. The topological polar surface area (TPSA) is 57.7 Å². The largest absolute Gasteiger partial charge is 0.493 e. The van der Waals surface area contributed by atoms with Gasteiger partial charge in [0.2, 0.25) is 0 Å². The van der Waals surface area contributed by atoms with Crippen LogP contribution in [-0.2, 0) is 16.0 Å². The fourth-order valence-corrected chi connectivity index (χ4v) is 4.70. The molecule has 6 heteroatoms. The molecule has 0 spiro atoms. The Morgan fingerprint density at radius 3 is 2.14 bits per heavy atom. The lowest BCUT2D eigenvalue weighted by Gasteiger charge is -2.24. The Morgan fingerprint density at radius 2 is 1.47 bits per heavy atom. The third kappa shape index (κ3) is 6.32. The molecule has 0 saturated carbocycles. The number of carbonyl (C=O) groups is 1. The summed E-state index contributed by atoms with van der Waals surface area (Å²) in [6, 6.07) is 26.2. The molecule has 186 valence electrons. The lowest BCUT2D eigenvalue weighted by atomic mass is 10.0. The third-order valence-corrected chi connectivity index (χ3v) is 6.77. The highest BCUT2D eigenvalue weighted by molar-refractivity contribution is 7.15. The minimum Gasteiger partial charge on any atom is -0.493 e. The number of rotatable bonds is 10. The summed E-state index contributed by atoms with van der Waals surface area (Å²) in [6.45, 7) is 8.10. The van der Waals surface area contributed by atoms with Gasteiger partial charge >= 0.3 is 5.97 Å². The summed E-state index contributed by atoms with van der Waals surface area (Å²) in [5.41, 5.74) is 3.52. The van der Waals surface area contributed by atoms with E-state index in [1.165, 1.54) is 16.0 Å². The number of aryl methyl sites for hydroxylation is 1. The first-order valence-electron chi connectivity index (χ1n) is 12.1. The Bertz CT molecular complexity index is 1280. The first-order chi connectivity index (χ1) is 17.4. The lowest BCUT2D eigenvalue weighted by Crippen LogP contribution is -2.39. The van der Waals surface area contributed by atoms with E-state index < -0.39 is 11.6 Å². The standard InChI is InChI=1S/C30H31NO4S/c1-5-33-29(32)30(3,4)35-26-17-15-25(16-18-26)34-20-19-27-21(2)36-28(31-27)24-13-11-23(12-14-24)22-9-7-6-8-10-22/h6-18H,5,19-20H2,1-4H3. The molecular formula is C30H31NO4S. The SMILES string of the molecule is CCOC(=O)C(C)(C)Oc1ccc(OCCc2nc(-c3ccc(-c4ccccc4)cc3)sc2C)cc1. The van der Waals surface area contributed by atoms with Gasteiger partial charge in [-0.15, -0.1) is 11.3 Å². The molecule has 0 fully saturated rings. The van der Waals surface area contributed by atoms with Crippen LogP contribution in [0.3, 0.4) is 0 Å². The van der Waals surface area contributed by atoms with Crippen molar-refractivity contribution in [1.29, 1.82) is 0 Å². The van der Waals surface area contributed by atoms with Gasteiger partial charge in [0, 0.05) is 16.9 Å². The van der Waals surface area contributed by atoms with E-state index in [0.29, 0.717) is 19.0 Å². The average molecular weight is 502 g/mol. The van der Waals surface area contributed by atoms with E-state index in [4.69, 9.17) is 19.2 Å². The molecule has 0 unspecified atom stereocenters. The van der Waals surface area contributed by atoms with Gasteiger partial charge in [0.15, 0.2) is 5.60 Å². The van der Waals surface area contributed by atoms with Crippen molar-refractivity contribution in [2.24, 2.45) is 0 Å². The van der Waals surface area contributed by atoms with Crippen LogP contribution in [0, 0.1) is 6.92 Å². The predicted molar refractivity (Wildman–Crippen MR) is 145 cm³/mol. The molecule has 0 saturated heterocycles. The average Bonchev–Trinajstić information content (AvgIpc) is 3.26. The van der Waals surface area contributed by atoms with Crippen LogP contribution in [0.15, 0.2) is 78.9 Å². The first-order valence-corrected chi connectivity index (χ1v) is 12.9. The van der Waals surface area contributed by atoms with Crippen molar-refractivity contribution >= 4 is 17.3 Å². The molecule has 1 heterocycles. The van der Waals surface area contributed by atoms with Crippen LogP contribution >= 0.6 is 11.3 Å².